The molecule has 0 atom stereocenters. The lowest BCUT2D eigenvalue weighted by Gasteiger charge is -2.36. The van der Waals surface area contributed by atoms with E-state index in [1.165, 1.54) is 12.1 Å². The van der Waals surface area contributed by atoms with Crippen LogP contribution in [0.1, 0.15) is 10.4 Å². The van der Waals surface area contributed by atoms with Crippen LogP contribution >= 0.6 is 11.6 Å². The monoisotopic (exact) mass is 445 g/mol. The Hall–Kier alpha value is -3.44. The van der Waals surface area contributed by atoms with Crippen LogP contribution in [0.4, 0.5) is 10.1 Å². The average molecular weight is 446 g/mol. The van der Waals surface area contributed by atoms with Gasteiger partial charge in [-0.05, 0) is 36.4 Å². The van der Waals surface area contributed by atoms with E-state index in [0.717, 1.165) is 11.3 Å². The topological polar surface area (TPSA) is 36.4 Å². The van der Waals surface area contributed by atoms with Crippen LogP contribution in [0.2, 0.25) is 5.02 Å². The zero-order valence-corrected chi connectivity index (χ0v) is 18.1. The molecule has 0 N–H and O–H groups in total. The molecule has 1 aromatic heterocycles. The van der Waals surface area contributed by atoms with Gasteiger partial charge in [0.25, 0.3) is 5.91 Å². The lowest BCUT2D eigenvalue weighted by Crippen LogP contribution is -2.49. The molecule has 0 spiro atoms. The molecule has 4 aromatic rings. The minimum atomic E-state index is -0.385. The first kappa shape index (κ1) is 20.5. The largest absolute Gasteiger partial charge is 0.367 e. The van der Waals surface area contributed by atoms with Crippen LogP contribution in [-0.2, 0) is 0 Å². The highest BCUT2D eigenvalue weighted by atomic mass is 35.5. The van der Waals surface area contributed by atoms with Crippen molar-refractivity contribution in [2.45, 2.75) is 0 Å². The summed E-state index contributed by atoms with van der Waals surface area (Å²) in [7, 11) is 0. The Morgan fingerprint density at radius 2 is 1.59 bits per heavy atom. The van der Waals surface area contributed by atoms with E-state index < -0.39 is 0 Å². The minimum Gasteiger partial charge on any atom is -0.367 e. The van der Waals surface area contributed by atoms with Gasteiger partial charge in [0.1, 0.15) is 5.82 Å². The molecule has 0 unspecified atom stereocenters. The number of carbonyl (C=O) groups is 1. The number of benzene rings is 3. The van der Waals surface area contributed by atoms with E-state index in [9.17, 15) is 9.18 Å². The quantitative estimate of drug-likeness (QED) is 0.408. The molecule has 32 heavy (non-hydrogen) atoms. The minimum absolute atomic E-state index is 0.112. The van der Waals surface area contributed by atoms with Crippen molar-refractivity contribution in [1.82, 2.24) is 9.88 Å². The number of carbonyl (C=O) groups excluding carboxylic acids is 1. The van der Waals surface area contributed by atoms with Gasteiger partial charge in [-0.2, -0.15) is 0 Å². The number of piperazine rings is 1. The van der Waals surface area contributed by atoms with Crippen LogP contribution in [0, 0.1) is 5.82 Å². The SMILES string of the molecule is O=C(c1cc(-c2ccccc2)nc2ccc(F)cc12)N1CCN(c2ccccc2Cl)CC1. The summed E-state index contributed by atoms with van der Waals surface area (Å²) in [6.07, 6.45) is 0. The van der Waals surface area contributed by atoms with Crippen LogP contribution in [0.25, 0.3) is 22.2 Å². The number of pyridine rings is 1. The van der Waals surface area contributed by atoms with Crippen molar-refractivity contribution in [2.75, 3.05) is 31.1 Å². The van der Waals surface area contributed by atoms with E-state index in [4.69, 9.17) is 11.6 Å². The Morgan fingerprint density at radius 3 is 2.34 bits per heavy atom. The first-order valence-electron chi connectivity index (χ1n) is 10.5. The Labute approximate surface area is 190 Å². The van der Waals surface area contributed by atoms with Crippen molar-refractivity contribution < 1.29 is 9.18 Å². The van der Waals surface area contributed by atoms with Gasteiger partial charge in [-0.25, -0.2) is 9.37 Å². The number of fused-ring (bicyclic) bond motifs is 1. The van der Waals surface area contributed by atoms with Gasteiger partial charge >= 0.3 is 0 Å². The molecular formula is C26H21ClFN3O. The summed E-state index contributed by atoms with van der Waals surface area (Å²) in [5, 5.41) is 1.23. The van der Waals surface area contributed by atoms with Crippen molar-refractivity contribution in [3.05, 3.63) is 95.3 Å². The zero-order chi connectivity index (χ0) is 22.1. The van der Waals surface area contributed by atoms with Crippen molar-refractivity contribution in [3.8, 4) is 11.3 Å². The third-order valence-corrected chi connectivity index (χ3v) is 6.15. The fourth-order valence-corrected chi connectivity index (χ4v) is 4.42. The normalized spacial score (nSPS) is 14.1. The predicted octanol–water partition coefficient (Wildman–Crippen LogP) is 5.66. The summed E-state index contributed by atoms with van der Waals surface area (Å²) in [6, 6.07) is 23.6. The smallest absolute Gasteiger partial charge is 0.254 e. The summed E-state index contributed by atoms with van der Waals surface area (Å²) in [4.78, 5) is 22.2. The van der Waals surface area contributed by atoms with Crippen LogP contribution in [0.3, 0.4) is 0 Å². The van der Waals surface area contributed by atoms with E-state index in [2.05, 4.69) is 9.88 Å². The molecule has 1 aliphatic rings. The Morgan fingerprint density at radius 1 is 0.875 bits per heavy atom. The Balaban J connectivity index is 1.47. The van der Waals surface area contributed by atoms with Gasteiger partial charge in [-0.3, -0.25) is 4.79 Å². The molecule has 0 radical (unpaired) electrons. The van der Waals surface area contributed by atoms with Gasteiger partial charge in [-0.1, -0.05) is 54.1 Å². The number of nitrogens with zero attached hydrogens (tertiary/aromatic N) is 3. The summed E-state index contributed by atoms with van der Waals surface area (Å²) >= 11 is 6.34. The molecule has 6 heteroatoms. The van der Waals surface area contributed by atoms with Gasteiger partial charge in [0.15, 0.2) is 0 Å². The fourth-order valence-electron chi connectivity index (χ4n) is 4.16. The van der Waals surface area contributed by atoms with Gasteiger partial charge in [0, 0.05) is 37.1 Å². The maximum Gasteiger partial charge on any atom is 0.254 e. The Kier molecular flexibility index (Phi) is 5.50. The maximum atomic E-state index is 14.1. The van der Waals surface area contributed by atoms with E-state index in [1.807, 2.05) is 59.5 Å². The van der Waals surface area contributed by atoms with Crippen molar-refractivity contribution >= 4 is 34.1 Å². The molecule has 5 rings (SSSR count). The van der Waals surface area contributed by atoms with Crippen LogP contribution < -0.4 is 4.90 Å². The molecular weight excluding hydrogens is 425 g/mol. The highest BCUT2D eigenvalue weighted by molar-refractivity contribution is 6.33. The number of rotatable bonds is 3. The van der Waals surface area contributed by atoms with Gasteiger partial charge in [-0.15, -0.1) is 0 Å². The van der Waals surface area contributed by atoms with Gasteiger partial charge in [0.2, 0.25) is 0 Å². The van der Waals surface area contributed by atoms with Gasteiger partial charge < -0.3 is 9.80 Å². The number of anilines is 1. The van der Waals surface area contributed by atoms with E-state index >= 15 is 0 Å². The molecule has 0 aliphatic carbocycles. The third-order valence-electron chi connectivity index (χ3n) is 5.83. The van der Waals surface area contributed by atoms with Crippen molar-refractivity contribution in [1.29, 1.82) is 0 Å². The molecule has 4 nitrogen and oxygen atoms in total. The predicted molar refractivity (Wildman–Crippen MR) is 127 cm³/mol. The molecule has 0 saturated carbocycles. The zero-order valence-electron chi connectivity index (χ0n) is 17.3. The second-order valence-electron chi connectivity index (χ2n) is 7.81. The molecule has 0 bridgehead atoms. The number of amides is 1. The first-order valence-corrected chi connectivity index (χ1v) is 10.9. The summed E-state index contributed by atoms with van der Waals surface area (Å²) in [5.74, 6) is -0.497. The second-order valence-corrected chi connectivity index (χ2v) is 8.22. The van der Waals surface area contributed by atoms with Crippen LogP contribution in [0.15, 0.2) is 78.9 Å². The highest BCUT2D eigenvalue weighted by Gasteiger charge is 2.25. The highest BCUT2D eigenvalue weighted by Crippen LogP contribution is 2.29. The van der Waals surface area contributed by atoms with Crippen LogP contribution in [0.5, 0.6) is 0 Å². The van der Waals surface area contributed by atoms with E-state index in [0.29, 0.717) is 53.4 Å². The molecule has 1 aliphatic heterocycles. The molecule has 1 fully saturated rings. The summed E-state index contributed by atoms with van der Waals surface area (Å²) in [6.45, 7) is 2.48. The van der Waals surface area contributed by atoms with Crippen molar-refractivity contribution in [2.24, 2.45) is 0 Å². The molecule has 1 saturated heterocycles. The maximum absolute atomic E-state index is 14.1. The summed E-state index contributed by atoms with van der Waals surface area (Å²) in [5.41, 5.74) is 3.66. The summed E-state index contributed by atoms with van der Waals surface area (Å²) < 4.78 is 14.1. The number of halogens is 2. The van der Waals surface area contributed by atoms with Gasteiger partial charge in [0.05, 0.1) is 27.5 Å². The van der Waals surface area contributed by atoms with E-state index in [-0.39, 0.29) is 11.7 Å². The lowest BCUT2D eigenvalue weighted by molar-refractivity contribution is 0.0749. The first-order chi connectivity index (χ1) is 15.6. The lowest BCUT2D eigenvalue weighted by atomic mass is 10.0. The van der Waals surface area contributed by atoms with Crippen LogP contribution in [-0.4, -0.2) is 42.0 Å². The van der Waals surface area contributed by atoms with E-state index in [1.54, 1.807) is 12.1 Å². The number of hydrogen-bond acceptors (Lipinski definition) is 3. The standard InChI is InChI=1S/C26H21ClFN3O/c27-22-8-4-5-9-25(22)30-12-14-31(15-13-30)26(32)21-17-24(18-6-2-1-3-7-18)29-23-11-10-19(28)16-20(21)23/h1-11,16-17H,12-15H2. The number of hydrogen-bond donors (Lipinski definition) is 0. The second kappa shape index (κ2) is 8.60. The Bertz CT molecular complexity index is 1290. The molecule has 2 heterocycles. The molecule has 1 amide bonds. The average Bonchev–Trinajstić information content (AvgIpc) is 2.84. The molecule has 160 valence electrons. The van der Waals surface area contributed by atoms with Crippen molar-refractivity contribution in [3.63, 3.8) is 0 Å². The number of para-hydroxylation sites is 1. The third kappa shape index (κ3) is 3.92. The number of aromatic nitrogens is 1. The fraction of sp³-hybridized carbons (Fsp3) is 0.154. The molecule has 3 aromatic carbocycles.